The average Bonchev–Trinajstić information content (AvgIpc) is 2.74. The Bertz CT molecular complexity index is 823. The number of amides is 3. The normalized spacial score (nSPS) is 14.2. The molecule has 7 nitrogen and oxygen atoms in total. The Morgan fingerprint density at radius 1 is 1.00 bits per heavy atom. The number of carbonyl (C=O) groups is 2. The summed E-state index contributed by atoms with van der Waals surface area (Å²) >= 11 is 6.08. The van der Waals surface area contributed by atoms with E-state index in [4.69, 9.17) is 16.3 Å². The molecule has 3 amide bonds. The highest BCUT2D eigenvalue weighted by molar-refractivity contribution is 6.31. The molecule has 29 heavy (non-hydrogen) atoms. The van der Waals surface area contributed by atoms with Gasteiger partial charge in [0, 0.05) is 49.0 Å². The van der Waals surface area contributed by atoms with E-state index in [1.807, 2.05) is 18.2 Å². The molecule has 8 heteroatoms. The van der Waals surface area contributed by atoms with Crippen molar-refractivity contribution in [3.8, 4) is 0 Å². The number of nitrogens with zero attached hydrogens (tertiary/aromatic N) is 1. The number of hydrogen-bond donors (Lipinski definition) is 3. The third-order valence-corrected chi connectivity index (χ3v) is 4.99. The average molecular weight is 417 g/mol. The van der Waals surface area contributed by atoms with E-state index in [1.54, 1.807) is 30.3 Å². The number of benzene rings is 2. The van der Waals surface area contributed by atoms with Crippen LogP contribution in [-0.2, 0) is 11.3 Å². The van der Waals surface area contributed by atoms with Crippen LogP contribution in [0.15, 0.2) is 48.5 Å². The van der Waals surface area contributed by atoms with Gasteiger partial charge in [-0.05, 0) is 35.9 Å². The van der Waals surface area contributed by atoms with Gasteiger partial charge in [-0.3, -0.25) is 9.69 Å². The van der Waals surface area contributed by atoms with Crippen LogP contribution in [0.5, 0.6) is 0 Å². The Balaban J connectivity index is 1.41. The van der Waals surface area contributed by atoms with Crippen molar-refractivity contribution in [3.05, 3.63) is 64.7 Å². The summed E-state index contributed by atoms with van der Waals surface area (Å²) in [6.07, 6.45) is 0. The molecule has 0 aromatic heterocycles. The fourth-order valence-electron chi connectivity index (χ4n) is 2.95. The molecule has 0 bridgehead atoms. The fourth-order valence-corrected chi connectivity index (χ4v) is 3.15. The molecule has 1 heterocycles. The van der Waals surface area contributed by atoms with Gasteiger partial charge >= 0.3 is 6.03 Å². The van der Waals surface area contributed by atoms with Crippen LogP contribution in [0.1, 0.15) is 15.9 Å². The van der Waals surface area contributed by atoms with Crippen molar-refractivity contribution >= 4 is 29.2 Å². The van der Waals surface area contributed by atoms with Crippen molar-refractivity contribution < 1.29 is 14.3 Å². The zero-order valence-corrected chi connectivity index (χ0v) is 16.9. The molecule has 1 aliphatic heterocycles. The molecular formula is C21H25ClN4O3. The second-order valence-corrected chi connectivity index (χ2v) is 7.09. The van der Waals surface area contributed by atoms with E-state index >= 15 is 0 Å². The summed E-state index contributed by atoms with van der Waals surface area (Å²) in [5, 5.41) is 9.02. The first-order valence-corrected chi connectivity index (χ1v) is 9.96. The lowest BCUT2D eigenvalue weighted by molar-refractivity contribution is 0.0383. The maximum atomic E-state index is 12.2. The molecule has 0 saturated carbocycles. The third kappa shape index (κ3) is 6.74. The van der Waals surface area contributed by atoms with Gasteiger partial charge in [-0.25, -0.2) is 4.79 Å². The molecule has 1 aliphatic rings. The molecule has 1 fully saturated rings. The standard InChI is InChI=1S/C21H25ClN4O3/c22-19-4-2-1-3-17(19)15-24-21(28)25-18-7-5-16(6-8-18)20(27)23-9-10-26-11-13-29-14-12-26/h1-8H,9-15H2,(H,23,27)(H2,24,25,28). The molecule has 0 atom stereocenters. The topological polar surface area (TPSA) is 82.7 Å². The van der Waals surface area contributed by atoms with Gasteiger partial charge in [-0.1, -0.05) is 29.8 Å². The van der Waals surface area contributed by atoms with Gasteiger partial charge in [0.1, 0.15) is 0 Å². The first-order valence-electron chi connectivity index (χ1n) is 9.58. The predicted molar refractivity (Wildman–Crippen MR) is 113 cm³/mol. The monoisotopic (exact) mass is 416 g/mol. The number of halogens is 1. The molecular weight excluding hydrogens is 392 g/mol. The van der Waals surface area contributed by atoms with Crippen LogP contribution in [0.3, 0.4) is 0 Å². The number of hydrogen-bond acceptors (Lipinski definition) is 4. The SMILES string of the molecule is O=C(NCc1ccccc1Cl)Nc1ccc(C(=O)NCCN2CCOCC2)cc1. The van der Waals surface area contributed by atoms with E-state index in [-0.39, 0.29) is 11.9 Å². The third-order valence-electron chi connectivity index (χ3n) is 4.62. The Morgan fingerprint density at radius 3 is 2.45 bits per heavy atom. The zero-order valence-electron chi connectivity index (χ0n) is 16.1. The van der Waals surface area contributed by atoms with Crippen LogP contribution in [0.25, 0.3) is 0 Å². The first-order chi connectivity index (χ1) is 14.1. The summed E-state index contributed by atoms with van der Waals surface area (Å²) in [5.41, 5.74) is 1.99. The molecule has 2 aromatic carbocycles. The van der Waals surface area contributed by atoms with E-state index in [0.717, 1.165) is 38.4 Å². The summed E-state index contributed by atoms with van der Waals surface area (Å²) in [6, 6.07) is 13.8. The van der Waals surface area contributed by atoms with Crippen molar-refractivity contribution in [2.45, 2.75) is 6.54 Å². The molecule has 0 unspecified atom stereocenters. The molecule has 0 aliphatic carbocycles. The first kappa shape index (κ1) is 21.1. The Labute approximate surface area is 175 Å². The quantitative estimate of drug-likeness (QED) is 0.648. The number of ether oxygens (including phenoxy) is 1. The second kappa shape index (κ2) is 10.8. The van der Waals surface area contributed by atoms with E-state index in [9.17, 15) is 9.59 Å². The Hall–Kier alpha value is -2.61. The van der Waals surface area contributed by atoms with Gasteiger partial charge in [0.25, 0.3) is 5.91 Å². The minimum atomic E-state index is -0.340. The van der Waals surface area contributed by atoms with E-state index < -0.39 is 0 Å². The molecule has 1 saturated heterocycles. The summed E-state index contributed by atoms with van der Waals surface area (Å²) in [6.45, 7) is 5.01. The lowest BCUT2D eigenvalue weighted by Crippen LogP contribution is -2.41. The van der Waals surface area contributed by atoms with Crippen molar-refractivity contribution in [2.75, 3.05) is 44.7 Å². The summed E-state index contributed by atoms with van der Waals surface area (Å²) < 4.78 is 5.31. The van der Waals surface area contributed by atoms with Crippen LogP contribution in [0.2, 0.25) is 5.02 Å². The Kier molecular flexibility index (Phi) is 7.86. The van der Waals surface area contributed by atoms with Gasteiger partial charge in [-0.15, -0.1) is 0 Å². The van der Waals surface area contributed by atoms with Crippen molar-refractivity contribution in [1.29, 1.82) is 0 Å². The molecule has 0 spiro atoms. The van der Waals surface area contributed by atoms with Gasteiger partial charge < -0.3 is 20.7 Å². The van der Waals surface area contributed by atoms with Crippen LogP contribution in [0.4, 0.5) is 10.5 Å². The maximum absolute atomic E-state index is 12.2. The van der Waals surface area contributed by atoms with Gasteiger partial charge in [0.05, 0.1) is 13.2 Å². The lowest BCUT2D eigenvalue weighted by atomic mass is 10.2. The van der Waals surface area contributed by atoms with Crippen molar-refractivity contribution in [1.82, 2.24) is 15.5 Å². The number of rotatable bonds is 7. The number of anilines is 1. The van der Waals surface area contributed by atoms with E-state index in [0.29, 0.717) is 29.4 Å². The van der Waals surface area contributed by atoms with Crippen molar-refractivity contribution in [3.63, 3.8) is 0 Å². The second-order valence-electron chi connectivity index (χ2n) is 6.69. The van der Waals surface area contributed by atoms with Gasteiger partial charge in [-0.2, -0.15) is 0 Å². The summed E-state index contributed by atoms with van der Waals surface area (Å²) in [5.74, 6) is -0.131. The highest BCUT2D eigenvalue weighted by atomic mass is 35.5. The summed E-state index contributed by atoms with van der Waals surface area (Å²) in [4.78, 5) is 26.6. The van der Waals surface area contributed by atoms with Gasteiger partial charge in [0.2, 0.25) is 0 Å². The minimum Gasteiger partial charge on any atom is -0.379 e. The zero-order chi connectivity index (χ0) is 20.5. The van der Waals surface area contributed by atoms with E-state index in [2.05, 4.69) is 20.9 Å². The summed E-state index contributed by atoms with van der Waals surface area (Å²) in [7, 11) is 0. The van der Waals surface area contributed by atoms with E-state index in [1.165, 1.54) is 0 Å². The Morgan fingerprint density at radius 2 is 1.72 bits per heavy atom. The predicted octanol–water partition coefficient (Wildman–Crippen LogP) is 2.72. The fraction of sp³-hybridized carbons (Fsp3) is 0.333. The van der Waals surface area contributed by atoms with Crippen LogP contribution in [-0.4, -0.2) is 56.2 Å². The minimum absolute atomic E-state index is 0.131. The molecule has 2 aromatic rings. The lowest BCUT2D eigenvalue weighted by Gasteiger charge is -2.26. The largest absolute Gasteiger partial charge is 0.379 e. The highest BCUT2D eigenvalue weighted by Crippen LogP contribution is 2.14. The number of urea groups is 1. The number of carbonyl (C=O) groups excluding carboxylic acids is 2. The van der Waals surface area contributed by atoms with Crippen LogP contribution < -0.4 is 16.0 Å². The number of nitrogens with one attached hydrogen (secondary N) is 3. The highest BCUT2D eigenvalue weighted by Gasteiger charge is 2.11. The van der Waals surface area contributed by atoms with Gasteiger partial charge in [0.15, 0.2) is 0 Å². The molecule has 154 valence electrons. The smallest absolute Gasteiger partial charge is 0.319 e. The maximum Gasteiger partial charge on any atom is 0.319 e. The van der Waals surface area contributed by atoms with Crippen LogP contribution in [0, 0.1) is 0 Å². The number of morpholine rings is 1. The van der Waals surface area contributed by atoms with Crippen molar-refractivity contribution in [2.24, 2.45) is 0 Å². The van der Waals surface area contributed by atoms with Crippen LogP contribution >= 0.6 is 11.6 Å². The molecule has 0 radical (unpaired) electrons. The molecule has 3 rings (SSSR count). The molecule has 3 N–H and O–H groups in total.